The van der Waals surface area contributed by atoms with Crippen LogP contribution in [0.2, 0.25) is 5.02 Å². The standard InChI is InChI=1S/C24H24ClFN4O3S/c1-12-4-13(25)5-15(21(12)33-18-9-27-8-16(18)26)20-22-17(28-11-29-20)6-14(34-22)10-30-19(31)7-24(2,3)23(30)32/h4-6,11,16,18,27H,7-10H2,1-3H3/t16-,18+/m0/s1. The fourth-order valence-electron chi connectivity index (χ4n) is 4.47. The summed E-state index contributed by atoms with van der Waals surface area (Å²) in [6, 6.07) is 5.41. The third-order valence-corrected chi connectivity index (χ3v) is 7.58. The van der Waals surface area contributed by atoms with E-state index in [1.165, 1.54) is 22.6 Å². The number of carbonyl (C=O) groups excluding carboxylic acids is 2. The number of benzene rings is 1. The lowest BCUT2D eigenvalue weighted by atomic mass is 9.92. The van der Waals surface area contributed by atoms with E-state index >= 15 is 0 Å². The van der Waals surface area contributed by atoms with Gasteiger partial charge in [0.25, 0.3) is 0 Å². The zero-order valence-electron chi connectivity index (χ0n) is 19.0. The van der Waals surface area contributed by atoms with Gasteiger partial charge in [-0.1, -0.05) is 25.4 Å². The summed E-state index contributed by atoms with van der Waals surface area (Å²) < 4.78 is 21.2. The van der Waals surface area contributed by atoms with E-state index in [1.54, 1.807) is 26.0 Å². The fourth-order valence-corrected chi connectivity index (χ4v) is 5.84. The van der Waals surface area contributed by atoms with Crippen molar-refractivity contribution in [2.24, 2.45) is 5.41 Å². The molecule has 0 spiro atoms. The summed E-state index contributed by atoms with van der Waals surface area (Å²) in [7, 11) is 0. The maximum Gasteiger partial charge on any atom is 0.235 e. The van der Waals surface area contributed by atoms with Gasteiger partial charge in [-0.25, -0.2) is 14.4 Å². The summed E-state index contributed by atoms with van der Waals surface area (Å²) in [5.74, 6) is 0.182. The number of hydrogen-bond acceptors (Lipinski definition) is 7. The first-order chi connectivity index (χ1) is 16.1. The summed E-state index contributed by atoms with van der Waals surface area (Å²) in [5.41, 5.74) is 2.05. The van der Waals surface area contributed by atoms with Gasteiger partial charge in [0.2, 0.25) is 11.8 Å². The van der Waals surface area contributed by atoms with Crippen molar-refractivity contribution in [1.82, 2.24) is 20.2 Å². The van der Waals surface area contributed by atoms with E-state index in [2.05, 4.69) is 15.3 Å². The molecule has 2 aromatic heterocycles. The Hall–Kier alpha value is -2.62. The highest BCUT2D eigenvalue weighted by Gasteiger charge is 2.44. The highest BCUT2D eigenvalue weighted by molar-refractivity contribution is 7.19. The quantitative estimate of drug-likeness (QED) is 0.524. The molecule has 34 heavy (non-hydrogen) atoms. The number of imide groups is 1. The first kappa shape index (κ1) is 23.1. The Balaban J connectivity index is 1.55. The van der Waals surface area contributed by atoms with Gasteiger partial charge < -0.3 is 10.1 Å². The Bertz CT molecular complexity index is 1310. The molecule has 4 heterocycles. The fraction of sp³-hybridized carbons (Fsp3) is 0.417. The normalized spacial score (nSPS) is 22.2. The number of rotatable bonds is 5. The number of nitrogens with zero attached hydrogens (tertiary/aromatic N) is 3. The molecule has 0 unspecified atom stereocenters. The average Bonchev–Trinajstić information content (AvgIpc) is 3.42. The van der Waals surface area contributed by atoms with Crippen molar-refractivity contribution in [1.29, 1.82) is 0 Å². The molecule has 7 nitrogen and oxygen atoms in total. The maximum absolute atomic E-state index is 14.3. The SMILES string of the molecule is Cc1cc(Cl)cc(-c2ncnc3cc(CN4C(=O)CC(C)(C)C4=O)sc23)c1O[C@@H]1CNC[C@@H]1F. The molecule has 2 amide bonds. The number of likely N-dealkylation sites (tertiary alicyclic amines) is 1. The van der Waals surface area contributed by atoms with Gasteiger partial charge in [0, 0.05) is 35.0 Å². The van der Waals surface area contributed by atoms with Crippen molar-refractivity contribution >= 4 is 45.0 Å². The first-order valence-corrected chi connectivity index (χ1v) is 12.2. The van der Waals surface area contributed by atoms with Crippen molar-refractivity contribution in [2.75, 3.05) is 13.1 Å². The lowest BCUT2D eigenvalue weighted by molar-refractivity contribution is -0.141. The number of hydrogen-bond donors (Lipinski definition) is 1. The molecule has 0 aliphatic carbocycles. The monoisotopic (exact) mass is 502 g/mol. The predicted octanol–water partition coefficient (Wildman–Crippen LogP) is 4.29. The van der Waals surface area contributed by atoms with Crippen LogP contribution in [0.1, 0.15) is 30.7 Å². The van der Waals surface area contributed by atoms with Crippen LogP contribution in [-0.4, -0.2) is 52.0 Å². The van der Waals surface area contributed by atoms with Crippen molar-refractivity contribution < 1.29 is 18.7 Å². The van der Waals surface area contributed by atoms with E-state index in [9.17, 15) is 14.0 Å². The predicted molar refractivity (Wildman–Crippen MR) is 129 cm³/mol. The van der Waals surface area contributed by atoms with Crippen LogP contribution in [0.5, 0.6) is 5.75 Å². The molecular weight excluding hydrogens is 479 g/mol. The Kier molecular flexibility index (Phi) is 5.82. The second kappa shape index (κ2) is 8.55. The Morgan fingerprint density at radius 2 is 2.06 bits per heavy atom. The summed E-state index contributed by atoms with van der Waals surface area (Å²) >= 11 is 7.80. The van der Waals surface area contributed by atoms with E-state index < -0.39 is 17.7 Å². The van der Waals surface area contributed by atoms with Gasteiger partial charge in [-0.05, 0) is 30.7 Å². The zero-order valence-corrected chi connectivity index (χ0v) is 20.6. The van der Waals surface area contributed by atoms with Crippen molar-refractivity contribution in [3.63, 3.8) is 0 Å². The lowest BCUT2D eigenvalue weighted by Crippen LogP contribution is -2.32. The van der Waals surface area contributed by atoms with Crippen LogP contribution in [-0.2, 0) is 16.1 Å². The molecule has 5 rings (SSSR count). The van der Waals surface area contributed by atoms with Crippen LogP contribution in [0.3, 0.4) is 0 Å². The van der Waals surface area contributed by atoms with Gasteiger partial charge in [0.05, 0.1) is 27.9 Å². The van der Waals surface area contributed by atoms with Gasteiger partial charge in [-0.15, -0.1) is 11.3 Å². The summed E-state index contributed by atoms with van der Waals surface area (Å²) in [6.45, 7) is 6.30. The van der Waals surface area contributed by atoms with E-state index in [0.717, 1.165) is 15.1 Å². The molecule has 2 aliphatic rings. The number of nitrogens with one attached hydrogen (secondary N) is 1. The van der Waals surface area contributed by atoms with Crippen LogP contribution in [0.15, 0.2) is 24.5 Å². The highest BCUT2D eigenvalue weighted by Crippen LogP contribution is 2.41. The van der Waals surface area contributed by atoms with E-state index in [1.807, 2.05) is 13.0 Å². The minimum Gasteiger partial charge on any atom is -0.485 e. The topological polar surface area (TPSA) is 84.4 Å². The summed E-state index contributed by atoms with van der Waals surface area (Å²) in [4.78, 5) is 36.1. The molecule has 0 bridgehead atoms. The number of aryl methyl sites for hydroxylation is 1. The average molecular weight is 503 g/mol. The molecule has 2 saturated heterocycles. The third kappa shape index (κ3) is 4.06. The number of fused-ring (bicyclic) bond motifs is 1. The number of thiophene rings is 1. The molecular formula is C24H24ClFN4O3S. The number of aromatic nitrogens is 2. The highest BCUT2D eigenvalue weighted by atomic mass is 35.5. The Labute approximate surface area is 205 Å². The third-order valence-electron chi connectivity index (χ3n) is 6.25. The number of alkyl halides is 1. The van der Waals surface area contributed by atoms with Crippen molar-refractivity contribution in [3.8, 4) is 17.0 Å². The molecule has 2 fully saturated rings. The number of ether oxygens (including phenoxy) is 1. The lowest BCUT2D eigenvalue weighted by Gasteiger charge is -2.20. The molecule has 0 radical (unpaired) electrons. The second-order valence-corrected chi connectivity index (χ2v) is 11.0. The molecule has 10 heteroatoms. The minimum atomic E-state index is -1.11. The van der Waals surface area contributed by atoms with Crippen LogP contribution >= 0.6 is 22.9 Å². The molecule has 1 N–H and O–H groups in total. The summed E-state index contributed by atoms with van der Waals surface area (Å²) in [5, 5.41) is 3.52. The summed E-state index contributed by atoms with van der Waals surface area (Å²) in [6.07, 6.45) is -0.0547. The number of amides is 2. The van der Waals surface area contributed by atoms with E-state index in [-0.39, 0.29) is 31.3 Å². The second-order valence-electron chi connectivity index (χ2n) is 9.42. The molecule has 2 atom stereocenters. The Morgan fingerprint density at radius 1 is 1.26 bits per heavy atom. The Morgan fingerprint density at radius 3 is 2.74 bits per heavy atom. The van der Waals surface area contributed by atoms with Gasteiger partial charge in [-0.2, -0.15) is 0 Å². The zero-order chi connectivity index (χ0) is 24.2. The molecule has 2 aliphatic heterocycles. The molecule has 0 saturated carbocycles. The van der Waals surface area contributed by atoms with Crippen molar-refractivity contribution in [2.45, 2.75) is 46.0 Å². The number of halogens is 2. The van der Waals surface area contributed by atoms with Gasteiger partial charge in [-0.3, -0.25) is 14.5 Å². The molecule has 178 valence electrons. The largest absolute Gasteiger partial charge is 0.485 e. The van der Waals surface area contributed by atoms with E-state index in [0.29, 0.717) is 34.1 Å². The molecule has 3 aromatic rings. The smallest absolute Gasteiger partial charge is 0.235 e. The minimum absolute atomic E-state index is 0.173. The van der Waals surface area contributed by atoms with Crippen LogP contribution < -0.4 is 10.1 Å². The molecule has 1 aromatic carbocycles. The van der Waals surface area contributed by atoms with Gasteiger partial charge in [0.1, 0.15) is 18.2 Å². The van der Waals surface area contributed by atoms with Gasteiger partial charge >= 0.3 is 0 Å². The number of carbonyl (C=O) groups is 2. The van der Waals surface area contributed by atoms with E-state index in [4.69, 9.17) is 16.3 Å². The van der Waals surface area contributed by atoms with Crippen LogP contribution in [0, 0.1) is 12.3 Å². The van der Waals surface area contributed by atoms with Crippen LogP contribution in [0.25, 0.3) is 21.5 Å². The van der Waals surface area contributed by atoms with Crippen molar-refractivity contribution in [3.05, 3.63) is 40.0 Å². The maximum atomic E-state index is 14.3. The first-order valence-electron chi connectivity index (χ1n) is 11.0. The van der Waals surface area contributed by atoms with Gasteiger partial charge in [0.15, 0.2) is 6.17 Å². The van der Waals surface area contributed by atoms with Crippen LogP contribution in [0.4, 0.5) is 4.39 Å².